The van der Waals surface area contributed by atoms with E-state index in [0.717, 1.165) is 25.6 Å². The van der Waals surface area contributed by atoms with Gasteiger partial charge >= 0.3 is 0 Å². The minimum absolute atomic E-state index is 0.250. The maximum atomic E-state index is 5.80. The van der Waals surface area contributed by atoms with E-state index in [2.05, 4.69) is 18.7 Å². The van der Waals surface area contributed by atoms with E-state index in [1.54, 1.807) is 0 Å². The molecule has 0 amide bonds. The molecular weight excluding hydrogens is 198 g/mol. The summed E-state index contributed by atoms with van der Waals surface area (Å²) in [5.74, 6) is 1.46. The normalized spacial score (nSPS) is 24.4. The van der Waals surface area contributed by atoms with E-state index in [1.807, 2.05) is 0 Å². The first kappa shape index (κ1) is 12.3. The van der Waals surface area contributed by atoms with Crippen molar-refractivity contribution in [2.24, 2.45) is 5.92 Å². The molecule has 1 saturated heterocycles. The Balaban J connectivity index is 2.29. The van der Waals surface area contributed by atoms with Crippen molar-refractivity contribution in [1.82, 2.24) is 4.90 Å². The standard InChI is InChI=1S/C11H22ClNO/c1-3-10(4-2)8-13-5-6-14-11(7-12)9-13/h10-11H,3-9H2,1-2H3. The fraction of sp³-hybridized carbons (Fsp3) is 1.00. The number of hydrogen-bond acceptors (Lipinski definition) is 2. The summed E-state index contributed by atoms with van der Waals surface area (Å²) in [6.45, 7) is 8.69. The number of morpholine rings is 1. The highest BCUT2D eigenvalue weighted by molar-refractivity contribution is 6.18. The molecular formula is C11H22ClNO. The zero-order valence-electron chi connectivity index (χ0n) is 9.34. The highest BCUT2D eigenvalue weighted by Gasteiger charge is 2.20. The van der Waals surface area contributed by atoms with Gasteiger partial charge in [-0.15, -0.1) is 11.6 Å². The molecule has 1 heterocycles. The van der Waals surface area contributed by atoms with Gasteiger partial charge in [-0.2, -0.15) is 0 Å². The van der Waals surface area contributed by atoms with Gasteiger partial charge in [-0.25, -0.2) is 0 Å². The maximum Gasteiger partial charge on any atom is 0.0837 e. The second-order valence-corrected chi connectivity index (χ2v) is 4.40. The van der Waals surface area contributed by atoms with Crippen molar-refractivity contribution in [2.75, 3.05) is 32.1 Å². The topological polar surface area (TPSA) is 12.5 Å². The average molecular weight is 220 g/mol. The summed E-state index contributed by atoms with van der Waals surface area (Å²) in [6, 6.07) is 0. The van der Waals surface area contributed by atoms with Crippen molar-refractivity contribution in [1.29, 1.82) is 0 Å². The molecule has 2 nitrogen and oxygen atoms in total. The van der Waals surface area contributed by atoms with Crippen molar-refractivity contribution in [3.8, 4) is 0 Å². The van der Waals surface area contributed by atoms with Crippen LogP contribution in [-0.2, 0) is 4.74 Å². The largest absolute Gasteiger partial charge is 0.374 e. The Morgan fingerprint density at radius 3 is 2.71 bits per heavy atom. The summed E-state index contributed by atoms with van der Waals surface area (Å²) in [5.41, 5.74) is 0. The molecule has 1 aliphatic rings. The minimum Gasteiger partial charge on any atom is -0.374 e. The molecule has 1 atom stereocenters. The maximum absolute atomic E-state index is 5.80. The van der Waals surface area contributed by atoms with Crippen molar-refractivity contribution in [3.05, 3.63) is 0 Å². The van der Waals surface area contributed by atoms with Crippen LogP contribution in [0.4, 0.5) is 0 Å². The van der Waals surface area contributed by atoms with Crippen LogP contribution >= 0.6 is 11.6 Å². The molecule has 1 fully saturated rings. The van der Waals surface area contributed by atoms with Crippen molar-refractivity contribution in [3.63, 3.8) is 0 Å². The Bertz CT molecular complexity index is 150. The monoisotopic (exact) mass is 219 g/mol. The first-order chi connectivity index (χ1) is 6.80. The lowest BCUT2D eigenvalue weighted by molar-refractivity contribution is -0.0216. The predicted molar refractivity (Wildman–Crippen MR) is 61.0 cm³/mol. The van der Waals surface area contributed by atoms with Crippen molar-refractivity contribution in [2.45, 2.75) is 32.8 Å². The molecule has 0 aliphatic carbocycles. The summed E-state index contributed by atoms with van der Waals surface area (Å²) < 4.78 is 5.53. The number of alkyl halides is 1. The molecule has 0 radical (unpaired) electrons. The van der Waals surface area contributed by atoms with Crippen LogP contribution in [0.1, 0.15) is 26.7 Å². The lowest BCUT2D eigenvalue weighted by atomic mass is 10.0. The van der Waals surface area contributed by atoms with Crippen LogP contribution in [0.15, 0.2) is 0 Å². The van der Waals surface area contributed by atoms with Crippen LogP contribution in [-0.4, -0.2) is 43.1 Å². The van der Waals surface area contributed by atoms with Gasteiger partial charge in [0.1, 0.15) is 0 Å². The van der Waals surface area contributed by atoms with E-state index in [9.17, 15) is 0 Å². The Labute approximate surface area is 92.6 Å². The average Bonchev–Trinajstić information content (AvgIpc) is 2.26. The quantitative estimate of drug-likeness (QED) is 0.659. The van der Waals surface area contributed by atoms with E-state index in [1.165, 1.54) is 19.4 Å². The van der Waals surface area contributed by atoms with Crippen LogP contribution in [0.25, 0.3) is 0 Å². The van der Waals surface area contributed by atoms with Gasteiger partial charge in [0.15, 0.2) is 0 Å². The zero-order chi connectivity index (χ0) is 10.4. The molecule has 0 aromatic heterocycles. The second-order valence-electron chi connectivity index (χ2n) is 4.09. The lowest BCUT2D eigenvalue weighted by Crippen LogP contribution is -2.45. The number of hydrogen-bond donors (Lipinski definition) is 0. The van der Waals surface area contributed by atoms with E-state index in [-0.39, 0.29) is 6.10 Å². The van der Waals surface area contributed by atoms with Gasteiger partial charge in [0, 0.05) is 25.5 Å². The predicted octanol–water partition coefficient (Wildman–Crippen LogP) is 2.36. The molecule has 0 bridgehead atoms. The van der Waals surface area contributed by atoms with Crippen LogP contribution in [0.5, 0.6) is 0 Å². The second kappa shape index (κ2) is 6.65. The van der Waals surface area contributed by atoms with Crippen LogP contribution < -0.4 is 0 Å². The van der Waals surface area contributed by atoms with Gasteiger partial charge < -0.3 is 4.74 Å². The molecule has 0 aromatic rings. The summed E-state index contributed by atoms with van der Waals surface area (Å²) in [7, 11) is 0. The number of halogens is 1. The van der Waals surface area contributed by atoms with Crippen LogP contribution in [0.3, 0.4) is 0 Å². The Hall–Kier alpha value is 0.210. The van der Waals surface area contributed by atoms with Gasteiger partial charge in [0.2, 0.25) is 0 Å². The smallest absolute Gasteiger partial charge is 0.0837 e. The van der Waals surface area contributed by atoms with E-state index >= 15 is 0 Å². The van der Waals surface area contributed by atoms with Crippen molar-refractivity contribution < 1.29 is 4.74 Å². The molecule has 1 aliphatic heterocycles. The number of rotatable bonds is 5. The fourth-order valence-electron chi connectivity index (χ4n) is 1.95. The van der Waals surface area contributed by atoms with E-state index in [4.69, 9.17) is 16.3 Å². The Morgan fingerprint density at radius 2 is 2.14 bits per heavy atom. The molecule has 0 aromatic carbocycles. The first-order valence-electron chi connectivity index (χ1n) is 5.70. The third kappa shape index (κ3) is 3.76. The molecule has 84 valence electrons. The van der Waals surface area contributed by atoms with Gasteiger partial charge in [-0.3, -0.25) is 4.90 Å². The van der Waals surface area contributed by atoms with E-state index < -0.39 is 0 Å². The Morgan fingerprint density at radius 1 is 1.43 bits per heavy atom. The summed E-state index contributed by atoms with van der Waals surface area (Å²) in [6.07, 6.45) is 2.80. The van der Waals surface area contributed by atoms with Crippen LogP contribution in [0, 0.1) is 5.92 Å². The summed E-state index contributed by atoms with van der Waals surface area (Å²) in [5, 5.41) is 0. The molecule has 0 N–H and O–H groups in total. The third-order valence-corrected chi connectivity index (χ3v) is 3.41. The molecule has 1 rings (SSSR count). The zero-order valence-corrected chi connectivity index (χ0v) is 10.1. The lowest BCUT2D eigenvalue weighted by Gasteiger charge is -2.34. The molecule has 0 spiro atoms. The summed E-state index contributed by atoms with van der Waals surface area (Å²) in [4.78, 5) is 2.49. The third-order valence-electron chi connectivity index (χ3n) is 3.07. The number of nitrogens with zero attached hydrogens (tertiary/aromatic N) is 1. The van der Waals surface area contributed by atoms with Gasteiger partial charge in [-0.1, -0.05) is 26.7 Å². The SMILES string of the molecule is CCC(CC)CN1CCOC(CCl)C1. The van der Waals surface area contributed by atoms with Crippen molar-refractivity contribution >= 4 is 11.6 Å². The van der Waals surface area contributed by atoms with Crippen LogP contribution in [0.2, 0.25) is 0 Å². The molecule has 1 unspecified atom stereocenters. The minimum atomic E-state index is 0.250. The molecule has 3 heteroatoms. The highest BCUT2D eigenvalue weighted by Crippen LogP contribution is 2.13. The highest BCUT2D eigenvalue weighted by atomic mass is 35.5. The molecule has 14 heavy (non-hydrogen) atoms. The number of ether oxygens (including phenoxy) is 1. The van der Waals surface area contributed by atoms with E-state index in [0.29, 0.717) is 5.88 Å². The summed E-state index contributed by atoms with van der Waals surface area (Å²) >= 11 is 5.80. The van der Waals surface area contributed by atoms with Gasteiger partial charge in [0.05, 0.1) is 12.7 Å². The first-order valence-corrected chi connectivity index (χ1v) is 6.23. The Kier molecular flexibility index (Phi) is 5.83. The van der Waals surface area contributed by atoms with Gasteiger partial charge in [0.25, 0.3) is 0 Å². The van der Waals surface area contributed by atoms with Gasteiger partial charge in [-0.05, 0) is 5.92 Å². The molecule has 0 saturated carbocycles. The fourth-order valence-corrected chi connectivity index (χ4v) is 2.14.